The largest absolute Gasteiger partial charge is 0.493 e. The van der Waals surface area contributed by atoms with Gasteiger partial charge in [-0.25, -0.2) is 0 Å². The lowest BCUT2D eigenvalue weighted by Gasteiger charge is -2.16. The van der Waals surface area contributed by atoms with E-state index in [0.717, 1.165) is 0 Å². The molecule has 0 amide bonds. The number of ether oxygens (including phenoxy) is 4. The summed E-state index contributed by atoms with van der Waals surface area (Å²) in [6, 6.07) is 3.24. The van der Waals surface area contributed by atoms with Crippen molar-refractivity contribution in [1.29, 1.82) is 0 Å². The molecular formula is C13H17ClO5. The summed E-state index contributed by atoms with van der Waals surface area (Å²) in [7, 11) is 4.49. The molecule has 0 N–H and O–H groups in total. The van der Waals surface area contributed by atoms with Crippen LogP contribution in [0.5, 0.6) is 17.2 Å². The normalized spacial score (nSPS) is 11.6. The first-order chi connectivity index (χ1) is 9.08. The summed E-state index contributed by atoms with van der Waals surface area (Å²) in [4.78, 5) is 11.6. The zero-order valence-electron chi connectivity index (χ0n) is 11.4. The molecule has 106 valence electrons. The van der Waals surface area contributed by atoms with Crippen LogP contribution in [0.4, 0.5) is 0 Å². The van der Waals surface area contributed by atoms with Gasteiger partial charge in [0.2, 0.25) is 5.75 Å². The molecule has 6 heteroatoms. The van der Waals surface area contributed by atoms with Gasteiger partial charge in [0.05, 0.1) is 27.9 Å². The molecule has 0 aliphatic carbocycles. The van der Waals surface area contributed by atoms with E-state index in [9.17, 15) is 4.79 Å². The molecule has 1 aromatic rings. The van der Waals surface area contributed by atoms with E-state index in [1.165, 1.54) is 21.3 Å². The summed E-state index contributed by atoms with van der Waals surface area (Å²) in [5.74, 6) is 0.804. The number of benzene rings is 1. The van der Waals surface area contributed by atoms with Crippen molar-refractivity contribution in [3.05, 3.63) is 17.7 Å². The molecule has 1 atom stereocenters. The lowest BCUT2D eigenvalue weighted by atomic mass is 10.1. The first-order valence-corrected chi connectivity index (χ1v) is 6.13. The third-order valence-electron chi connectivity index (χ3n) is 2.47. The van der Waals surface area contributed by atoms with Crippen LogP contribution in [0.1, 0.15) is 17.9 Å². The molecular weight excluding hydrogens is 272 g/mol. The maximum atomic E-state index is 11.6. The van der Waals surface area contributed by atoms with Crippen molar-refractivity contribution in [2.75, 3.05) is 27.9 Å². The van der Waals surface area contributed by atoms with Crippen molar-refractivity contribution in [3.8, 4) is 17.2 Å². The standard InChI is InChI=1S/C13H17ClO5/c1-5-19-13(15)11(14)8-6-9(16-2)12(18-4)10(7-8)17-3/h6-7,11H,5H2,1-4H3/t11-/m1/s1. The second-order valence-electron chi connectivity index (χ2n) is 3.57. The Morgan fingerprint density at radius 2 is 1.68 bits per heavy atom. The molecule has 0 spiro atoms. The highest BCUT2D eigenvalue weighted by atomic mass is 35.5. The van der Waals surface area contributed by atoms with E-state index in [2.05, 4.69) is 0 Å². The van der Waals surface area contributed by atoms with Gasteiger partial charge in [-0.1, -0.05) is 0 Å². The molecule has 0 bridgehead atoms. The lowest BCUT2D eigenvalue weighted by molar-refractivity contribution is -0.142. The molecule has 5 nitrogen and oxygen atoms in total. The minimum absolute atomic E-state index is 0.270. The number of carbonyl (C=O) groups excluding carboxylic acids is 1. The van der Waals surface area contributed by atoms with Crippen LogP contribution >= 0.6 is 11.6 Å². The van der Waals surface area contributed by atoms with Gasteiger partial charge in [0.1, 0.15) is 0 Å². The molecule has 19 heavy (non-hydrogen) atoms. The maximum absolute atomic E-state index is 11.6. The molecule has 1 aromatic carbocycles. The number of carbonyl (C=O) groups is 1. The summed E-state index contributed by atoms with van der Waals surface area (Å²) in [6.45, 7) is 1.99. The Balaban J connectivity index is 3.18. The van der Waals surface area contributed by atoms with Crippen LogP contribution in [0.3, 0.4) is 0 Å². The van der Waals surface area contributed by atoms with Crippen LogP contribution in [-0.4, -0.2) is 33.9 Å². The Morgan fingerprint density at radius 1 is 1.16 bits per heavy atom. The number of halogens is 1. The van der Waals surface area contributed by atoms with Gasteiger partial charge >= 0.3 is 5.97 Å². The van der Waals surface area contributed by atoms with Gasteiger partial charge in [0.15, 0.2) is 16.9 Å². The predicted octanol–water partition coefficient (Wildman–Crippen LogP) is 2.56. The Morgan fingerprint density at radius 3 is 2.05 bits per heavy atom. The fraction of sp³-hybridized carbons (Fsp3) is 0.462. The highest BCUT2D eigenvalue weighted by Gasteiger charge is 2.23. The van der Waals surface area contributed by atoms with Gasteiger partial charge in [-0.15, -0.1) is 11.6 Å². The van der Waals surface area contributed by atoms with E-state index in [1.807, 2.05) is 0 Å². The number of hydrogen-bond acceptors (Lipinski definition) is 5. The Labute approximate surface area is 117 Å². The Hall–Kier alpha value is -1.62. The number of esters is 1. The van der Waals surface area contributed by atoms with E-state index in [0.29, 0.717) is 22.8 Å². The van der Waals surface area contributed by atoms with E-state index >= 15 is 0 Å². The van der Waals surface area contributed by atoms with Gasteiger partial charge < -0.3 is 18.9 Å². The smallest absolute Gasteiger partial charge is 0.328 e. The number of rotatable bonds is 6. The Kier molecular flexibility index (Phi) is 5.76. The lowest BCUT2D eigenvalue weighted by Crippen LogP contribution is -2.11. The van der Waals surface area contributed by atoms with E-state index < -0.39 is 11.3 Å². The van der Waals surface area contributed by atoms with Crippen LogP contribution in [0, 0.1) is 0 Å². The van der Waals surface area contributed by atoms with E-state index in [4.69, 9.17) is 30.5 Å². The second kappa shape index (κ2) is 7.09. The number of alkyl halides is 1. The Bertz CT molecular complexity index is 422. The third kappa shape index (κ3) is 3.44. The topological polar surface area (TPSA) is 54.0 Å². The fourth-order valence-corrected chi connectivity index (χ4v) is 1.79. The zero-order valence-corrected chi connectivity index (χ0v) is 12.1. The molecule has 0 heterocycles. The van der Waals surface area contributed by atoms with Crippen molar-refractivity contribution in [2.45, 2.75) is 12.3 Å². The summed E-state index contributed by atoms with van der Waals surface area (Å²) in [5.41, 5.74) is 0.523. The van der Waals surface area contributed by atoms with Gasteiger partial charge in [-0.2, -0.15) is 0 Å². The first kappa shape index (κ1) is 15.4. The van der Waals surface area contributed by atoms with Gasteiger partial charge in [0.25, 0.3) is 0 Å². The number of hydrogen-bond donors (Lipinski definition) is 0. The molecule has 0 fully saturated rings. The summed E-state index contributed by atoms with van der Waals surface area (Å²) in [6.07, 6.45) is 0. The highest BCUT2D eigenvalue weighted by Crippen LogP contribution is 2.40. The molecule has 0 aliphatic heterocycles. The quantitative estimate of drug-likeness (QED) is 0.595. The monoisotopic (exact) mass is 288 g/mol. The fourth-order valence-electron chi connectivity index (χ4n) is 1.60. The van der Waals surface area contributed by atoms with Crippen LogP contribution < -0.4 is 14.2 Å². The minimum atomic E-state index is -0.923. The molecule has 0 aliphatic rings. The van der Waals surface area contributed by atoms with Gasteiger partial charge in [-0.05, 0) is 24.6 Å². The predicted molar refractivity (Wildman–Crippen MR) is 71.3 cm³/mol. The van der Waals surface area contributed by atoms with Crippen molar-refractivity contribution in [2.24, 2.45) is 0 Å². The van der Waals surface area contributed by atoms with Crippen LogP contribution in [0.15, 0.2) is 12.1 Å². The maximum Gasteiger partial charge on any atom is 0.328 e. The zero-order chi connectivity index (χ0) is 14.4. The van der Waals surface area contributed by atoms with E-state index in [1.54, 1.807) is 19.1 Å². The average Bonchev–Trinajstić information content (AvgIpc) is 2.44. The van der Waals surface area contributed by atoms with Crippen LogP contribution in [0.2, 0.25) is 0 Å². The molecule has 0 radical (unpaired) electrons. The highest BCUT2D eigenvalue weighted by molar-refractivity contribution is 6.30. The van der Waals surface area contributed by atoms with Crippen molar-refractivity contribution in [1.82, 2.24) is 0 Å². The molecule has 1 rings (SSSR count). The van der Waals surface area contributed by atoms with Gasteiger partial charge in [0, 0.05) is 0 Å². The minimum Gasteiger partial charge on any atom is -0.493 e. The molecule has 0 aromatic heterocycles. The molecule has 0 saturated carbocycles. The summed E-state index contributed by atoms with van der Waals surface area (Å²) >= 11 is 6.06. The first-order valence-electron chi connectivity index (χ1n) is 5.69. The SMILES string of the molecule is CCOC(=O)[C@H](Cl)c1cc(OC)c(OC)c(OC)c1. The summed E-state index contributed by atoms with van der Waals surface area (Å²) < 4.78 is 20.5. The second-order valence-corrected chi connectivity index (χ2v) is 4.01. The van der Waals surface area contributed by atoms with Crippen molar-refractivity contribution < 1.29 is 23.7 Å². The number of methoxy groups -OCH3 is 3. The van der Waals surface area contributed by atoms with Crippen molar-refractivity contribution in [3.63, 3.8) is 0 Å². The van der Waals surface area contributed by atoms with Crippen LogP contribution in [0.25, 0.3) is 0 Å². The third-order valence-corrected chi connectivity index (χ3v) is 2.90. The molecule has 0 saturated heterocycles. The van der Waals surface area contributed by atoms with Gasteiger partial charge in [-0.3, -0.25) is 4.79 Å². The van der Waals surface area contributed by atoms with E-state index in [-0.39, 0.29) is 6.61 Å². The van der Waals surface area contributed by atoms with Crippen LogP contribution in [-0.2, 0) is 9.53 Å². The average molecular weight is 289 g/mol. The van der Waals surface area contributed by atoms with Crippen molar-refractivity contribution >= 4 is 17.6 Å². The molecule has 0 unspecified atom stereocenters. The summed E-state index contributed by atoms with van der Waals surface area (Å²) in [5, 5.41) is -0.923.